The molecule has 3 rings (SSSR count). The van der Waals surface area contributed by atoms with Crippen molar-refractivity contribution >= 4 is 47.1 Å². The van der Waals surface area contributed by atoms with Crippen LogP contribution in [0.2, 0.25) is 10.0 Å². The fourth-order valence-corrected chi connectivity index (χ4v) is 5.43. The molecule has 2 fully saturated rings. The molecule has 0 unspecified atom stereocenters. The summed E-state index contributed by atoms with van der Waals surface area (Å²) in [6, 6.07) is -0.816. The molecule has 220 valence electrons. The normalized spacial score (nSPS) is 24.5. The van der Waals surface area contributed by atoms with Gasteiger partial charge in [0.1, 0.15) is 5.70 Å². The maximum atomic E-state index is 14.4. The number of carbonyl (C=O) groups is 3. The molecular formula is C25H27Cl2F5N4O4. The van der Waals surface area contributed by atoms with E-state index in [2.05, 4.69) is 4.98 Å². The highest BCUT2D eigenvalue weighted by Crippen LogP contribution is 2.49. The minimum Gasteiger partial charge on any atom is -0.481 e. The van der Waals surface area contributed by atoms with Crippen LogP contribution in [0.3, 0.4) is 0 Å². The van der Waals surface area contributed by atoms with Crippen molar-refractivity contribution in [2.75, 3.05) is 20.1 Å². The Labute approximate surface area is 236 Å². The molecular weight excluding hydrogens is 586 g/mol. The quantitative estimate of drug-likeness (QED) is 0.156. The molecule has 0 radical (unpaired) electrons. The highest BCUT2D eigenvalue weighted by molar-refractivity contribution is 6.39. The summed E-state index contributed by atoms with van der Waals surface area (Å²) < 4.78 is 70.7. The van der Waals surface area contributed by atoms with Crippen LogP contribution in [0.25, 0.3) is 0 Å². The number of rotatable bonds is 10. The van der Waals surface area contributed by atoms with E-state index in [0.29, 0.717) is 4.90 Å². The van der Waals surface area contributed by atoms with Crippen LogP contribution in [0.1, 0.15) is 49.4 Å². The zero-order valence-corrected chi connectivity index (χ0v) is 23.0. The number of hydrogen-bond donors (Lipinski definition) is 2. The van der Waals surface area contributed by atoms with E-state index in [-0.39, 0.29) is 47.5 Å². The van der Waals surface area contributed by atoms with E-state index in [0.717, 1.165) is 24.3 Å². The SMILES string of the molecule is CN(/C(=C(\C=N)C(=O)N(CC(=O)c1c(Cl)cncc1Cl)C[C@@H]1CC1(F)F)C(F)(F)F)C1CCC(C)(C(=O)O)CC1. The van der Waals surface area contributed by atoms with Crippen molar-refractivity contribution in [3.8, 4) is 0 Å². The van der Waals surface area contributed by atoms with Crippen molar-refractivity contribution in [3.63, 3.8) is 0 Å². The van der Waals surface area contributed by atoms with Crippen molar-refractivity contribution in [3.05, 3.63) is 39.3 Å². The smallest absolute Gasteiger partial charge is 0.431 e. The Morgan fingerprint density at radius 1 is 1.18 bits per heavy atom. The number of aliphatic carboxylic acids is 1. The van der Waals surface area contributed by atoms with Gasteiger partial charge in [0, 0.05) is 50.6 Å². The predicted octanol–water partition coefficient (Wildman–Crippen LogP) is 5.49. The Kier molecular flexibility index (Phi) is 9.19. The monoisotopic (exact) mass is 612 g/mol. The summed E-state index contributed by atoms with van der Waals surface area (Å²) in [4.78, 5) is 43.1. The van der Waals surface area contributed by atoms with Gasteiger partial charge in [-0.15, -0.1) is 0 Å². The maximum Gasteiger partial charge on any atom is 0.431 e. The highest BCUT2D eigenvalue weighted by Gasteiger charge is 2.58. The van der Waals surface area contributed by atoms with Gasteiger partial charge in [-0.25, -0.2) is 8.78 Å². The van der Waals surface area contributed by atoms with Crippen LogP contribution in [-0.2, 0) is 9.59 Å². The number of carboxylic acid groups (broad SMARTS) is 1. The van der Waals surface area contributed by atoms with Crippen molar-refractivity contribution in [1.29, 1.82) is 5.41 Å². The van der Waals surface area contributed by atoms with Crippen LogP contribution in [0, 0.1) is 16.7 Å². The van der Waals surface area contributed by atoms with Crippen LogP contribution in [0.4, 0.5) is 22.0 Å². The molecule has 1 aromatic heterocycles. The lowest BCUT2D eigenvalue weighted by Gasteiger charge is -2.40. The van der Waals surface area contributed by atoms with Crippen molar-refractivity contribution in [2.45, 2.75) is 57.2 Å². The molecule has 2 aliphatic carbocycles. The molecule has 2 aliphatic rings. The summed E-state index contributed by atoms with van der Waals surface area (Å²) in [7, 11) is 1.08. The molecule has 2 N–H and O–H groups in total. The van der Waals surface area contributed by atoms with Crippen LogP contribution in [-0.4, -0.2) is 82.0 Å². The maximum absolute atomic E-state index is 14.4. The standard InChI is InChI=1S/C25H27Cl2F5N4O4/c1-23(22(39)40)5-3-14(4-6-23)35(2)20(25(30,31)32)15(8-33)21(38)36(11-13-7-24(13,28)29)12-18(37)19-16(26)9-34-10-17(19)27/h8-10,13-14,33H,3-7,11-12H2,1-2H3,(H,39,40)/b20-15+,33-8?/t13-,14?,23?/m0/s1. The minimum atomic E-state index is -5.15. The summed E-state index contributed by atoms with van der Waals surface area (Å²) in [5.74, 6) is -7.98. The summed E-state index contributed by atoms with van der Waals surface area (Å²) >= 11 is 12.0. The Hall–Kier alpha value is -2.80. The Morgan fingerprint density at radius 2 is 1.70 bits per heavy atom. The molecule has 0 aromatic carbocycles. The van der Waals surface area contributed by atoms with E-state index in [4.69, 9.17) is 28.6 Å². The lowest BCUT2D eigenvalue weighted by atomic mass is 9.73. The summed E-state index contributed by atoms with van der Waals surface area (Å²) in [5.41, 5.74) is -4.03. The van der Waals surface area contributed by atoms with Crippen LogP contribution in [0.15, 0.2) is 23.7 Å². The molecule has 1 atom stereocenters. The van der Waals surface area contributed by atoms with E-state index in [1.807, 2.05) is 0 Å². The summed E-state index contributed by atoms with van der Waals surface area (Å²) in [6.45, 7) is -0.172. The Bertz CT molecular complexity index is 1210. The van der Waals surface area contributed by atoms with Crippen LogP contribution < -0.4 is 0 Å². The second-order valence-electron chi connectivity index (χ2n) is 10.4. The first-order chi connectivity index (χ1) is 18.4. The van der Waals surface area contributed by atoms with Gasteiger partial charge in [-0.05, 0) is 32.6 Å². The second-order valence-corrected chi connectivity index (χ2v) is 11.2. The minimum absolute atomic E-state index is 0.0634. The first kappa shape index (κ1) is 31.7. The molecule has 1 aromatic rings. The third-order valence-corrected chi connectivity index (χ3v) is 8.10. The Morgan fingerprint density at radius 3 is 2.12 bits per heavy atom. The third-order valence-electron chi connectivity index (χ3n) is 7.52. The van der Waals surface area contributed by atoms with Gasteiger partial charge in [-0.1, -0.05) is 23.2 Å². The summed E-state index contributed by atoms with van der Waals surface area (Å²) in [5, 5.41) is 16.7. The largest absolute Gasteiger partial charge is 0.481 e. The molecule has 2 saturated carbocycles. The number of pyridine rings is 1. The number of amides is 1. The number of halogens is 7. The van der Waals surface area contributed by atoms with Gasteiger partial charge in [0.2, 0.25) is 0 Å². The lowest BCUT2D eigenvalue weighted by molar-refractivity contribution is -0.151. The number of Topliss-reactive ketones (excluding diaryl/α,β-unsaturated/α-hetero) is 1. The van der Waals surface area contributed by atoms with E-state index in [9.17, 15) is 41.4 Å². The number of nitrogens with one attached hydrogen (secondary N) is 1. The number of hydrogen-bond acceptors (Lipinski definition) is 6. The van der Waals surface area contributed by atoms with Crippen LogP contribution >= 0.6 is 23.2 Å². The van der Waals surface area contributed by atoms with Gasteiger partial charge in [0.05, 0.1) is 33.1 Å². The number of nitrogens with zero attached hydrogens (tertiary/aromatic N) is 3. The predicted molar refractivity (Wildman–Crippen MR) is 136 cm³/mol. The lowest BCUT2D eigenvalue weighted by Crippen LogP contribution is -2.46. The number of carboxylic acids is 1. The molecule has 0 aliphatic heterocycles. The van der Waals surface area contributed by atoms with Crippen molar-refractivity contribution in [1.82, 2.24) is 14.8 Å². The molecule has 15 heteroatoms. The first-order valence-corrected chi connectivity index (χ1v) is 13.0. The molecule has 1 heterocycles. The van der Waals surface area contributed by atoms with Gasteiger partial charge in [0.25, 0.3) is 11.8 Å². The van der Waals surface area contributed by atoms with Gasteiger partial charge >= 0.3 is 12.1 Å². The van der Waals surface area contributed by atoms with Crippen LogP contribution in [0.5, 0.6) is 0 Å². The number of aromatic nitrogens is 1. The van der Waals surface area contributed by atoms with E-state index in [1.165, 1.54) is 6.92 Å². The highest BCUT2D eigenvalue weighted by atomic mass is 35.5. The first-order valence-electron chi connectivity index (χ1n) is 12.2. The third kappa shape index (κ3) is 6.73. The van der Waals surface area contributed by atoms with Gasteiger partial charge in [-0.3, -0.25) is 19.4 Å². The molecule has 0 saturated heterocycles. The zero-order chi connectivity index (χ0) is 30.2. The molecule has 40 heavy (non-hydrogen) atoms. The topological polar surface area (TPSA) is 115 Å². The van der Waals surface area contributed by atoms with Gasteiger partial charge < -0.3 is 20.3 Å². The average Bonchev–Trinajstić information content (AvgIpc) is 3.46. The fourth-order valence-electron chi connectivity index (χ4n) is 4.85. The fraction of sp³-hybridized carbons (Fsp3) is 0.560. The average molecular weight is 613 g/mol. The molecule has 0 spiro atoms. The van der Waals surface area contributed by atoms with E-state index in [1.54, 1.807) is 0 Å². The summed E-state index contributed by atoms with van der Waals surface area (Å²) in [6.07, 6.45) is -3.13. The number of ketones is 1. The van der Waals surface area contributed by atoms with Gasteiger partial charge in [-0.2, -0.15) is 13.2 Å². The van der Waals surface area contributed by atoms with E-state index >= 15 is 0 Å². The van der Waals surface area contributed by atoms with Gasteiger partial charge in [0.15, 0.2) is 5.78 Å². The second kappa shape index (κ2) is 11.6. The van der Waals surface area contributed by atoms with Crippen molar-refractivity contribution < 1.29 is 41.4 Å². The molecule has 0 bridgehead atoms. The van der Waals surface area contributed by atoms with Crippen molar-refractivity contribution in [2.24, 2.45) is 11.3 Å². The number of carbonyl (C=O) groups excluding carboxylic acids is 2. The Balaban J connectivity index is 1.99. The zero-order valence-electron chi connectivity index (χ0n) is 21.5. The van der Waals surface area contributed by atoms with E-state index < -0.39 is 77.9 Å². The molecule has 1 amide bonds. The number of allylic oxidation sites excluding steroid dienone is 1. The number of alkyl halides is 5. The molecule has 8 nitrogen and oxygen atoms in total.